The molecule has 8 heteroatoms. The number of rotatable bonds is 9. The lowest BCUT2D eigenvalue weighted by molar-refractivity contribution is -0.121. The molecule has 1 amide bonds. The Morgan fingerprint density at radius 1 is 1.11 bits per heavy atom. The van der Waals surface area contributed by atoms with Crippen LogP contribution in [-0.4, -0.2) is 42.8 Å². The molecular formula is C20H27N3O4S. The summed E-state index contributed by atoms with van der Waals surface area (Å²) in [6.45, 7) is 6.35. The minimum absolute atomic E-state index is 0.00116. The SMILES string of the molecule is CCN(CC)S(=O)(=O)c1ccc(=O)n(CC(=O)NC[C@H](C)c2ccccc2)c1. The summed E-state index contributed by atoms with van der Waals surface area (Å²) >= 11 is 0. The van der Waals surface area contributed by atoms with Crippen LogP contribution in [0.1, 0.15) is 32.3 Å². The van der Waals surface area contributed by atoms with Crippen molar-refractivity contribution in [2.75, 3.05) is 19.6 Å². The van der Waals surface area contributed by atoms with Crippen LogP contribution in [0.3, 0.4) is 0 Å². The highest BCUT2D eigenvalue weighted by Crippen LogP contribution is 2.14. The van der Waals surface area contributed by atoms with E-state index in [9.17, 15) is 18.0 Å². The summed E-state index contributed by atoms with van der Waals surface area (Å²) in [7, 11) is -3.70. The first-order valence-corrected chi connectivity index (χ1v) is 10.8. The first kappa shape index (κ1) is 21.8. The number of nitrogens with one attached hydrogen (secondary N) is 1. The van der Waals surface area contributed by atoms with Gasteiger partial charge in [0.1, 0.15) is 6.54 Å². The fraction of sp³-hybridized carbons (Fsp3) is 0.400. The highest BCUT2D eigenvalue weighted by atomic mass is 32.2. The van der Waals surface area contributed by atoms with E-state index < -0.39 is 15.6 Å². The van der Waals surface area contributed by atoms with E-state index >= 15 is 0 Å². The lowest BCUT2D eigenvalue weighted by atomic mass is 10.0. The van der Waals surface area contributed by atoms with Crippen molar-refractivity contribution in [3.63, 3.8) is 0 Å². The Morgan fingerprint density at radius 2 is 1.75 bits per heavy atom. The minimum Gasteiger partial charge on any atom is -0.354 e. The van der Waals surface area contributed by atoms with Crippen LogP contribution in [0.25, 0.3) is 0 Å². The van der Waals surface area contributed by atoms with Gasteiger partial charge in [0.25, 0.3) is 5.56 Å². The van der Waals surface area contributed by atoms with Gasteiger partial charge in [0.2, 0.25) is 15.9 Å². The van der Waals surface area contributed by atoms with Gasteiger partial charge in [0.05, 0.1) is 4.90 Å². The molecule has 1 aromatic heterocycles. The Bertz CT molecular complexity index is 951. The van der Waals surface area contributed by atoms with Crippen molar-refractivity contribution in [2.24, 2.45) is 0 Å². The predicted octanol–water partition coefficient (Wildman–Crippen LogP) is 1.80. The van der Waals surface area contributed by atoms with Gasteiger partial charge >= 0.3 is 0 Å². The summed E-state index contributed by atoms with van der Waals surface area (Å²) in [5.74, 6) is -0.224. The van der Waals surface area contributed by atoms with E-state index in [1.165, 1.54) is 22.6 Å². The number of aromatic nitrogens is 1. The van der Waals surface area contributed by atoms with Crippen molar-refractivity contribution in [1.82, 2.24) is 14.2 Å². The zero-order valence-electron chi connectivity index (χ0n) is 16.5. The van der Waals surface area contributed by atoms with Crippen molar-refractivity contribution >= 4 is 15.9 Å². The Kier molecular flexibility index (Phi) is 7.53. The topological polar surface area (TPSA) is 88.5 Å². The highest BCUT2D eigenvalue weighted by Gasteiger charge is 2.22. The molecule has 0 fully saturated rings. The van der Waals surface area contributed by atoms with Crippen LogP contribution in [0, 0.1) is 0 Å². The number of benzene rings is 1. The largest absolute Gasteiger partial charge is 0.354 e. The van der Waals surface area contributed by atoms with Crippen LogP contribution in [0.5, 0.6) is 0 Å². The molecule has 1 N–H and O–H groups in total. The third-order valence-corrected chi connectivity index (χ3v) is 6.62. The van der Waals surface area contributed by atoms with E-state index in [4.69, 9.17) is 0 Å². The number of sulfonamides is 1. The minimum atomic E-state index is -3.70. The molecule has 1 atom stereocenters. The summed E-state index contributed by atoms with van der Waals surface area (Å²) < 4.78 is 27.7. The van der Waals surface area contributed by atoms with E-state index in [0.29, 0.717) is 19.6 Å². The normalized spacial score (nSPS) is 12.7. The van der Waals surface area contributed by atoms with E-state index in [-0.39, 0.29) is 23.3 Å². The fourth-order valence-electron chi connectivity index (χ4n) is 2.88. The number of carbonyl (C=O) groups is 1. The average molecular weight is 406 g/mol. The van der Waals surface area contributed by atoms with Crippen molar-refractivity contribution in [2.45, 2.75) is 38.1 Å². The van der Waals surface area contributed by atoms with Gasteiger partial charge in [0.15, 0.2) is 0 Å². The van der Waals surface area contributed by atoms with Gasteiger partial charge in [-0.25, -0.2) is 8.42 Å². The number of nitrogens with zero attached hydrogens (tertiary/aromatic N) is 2. The molecule has 28 heavy (non-hydrogen) atoms. The predicted molar refractivity (Wildman–Crippen MR) is 109 cm³/mol. The molecule has 1 heterocycles. The number of carbonyl (C=O) groups excluding carboxylic acids is 1. The molecule has 0 aliphatic rings. The molecule has 0 unspecified atom stereocenters. The van der Waals surface area contributed by atoms with E-state index in [1.54, 1.807) is 13.8 Å². The third kappa shape index (κ3) is 5.30. The number of hydrogen-bond acceptors (Lipinski definition) is 4. The van der Waals surface area contributed by atoms with Crippen LogP contribution in [0.4, 0.5) is 0 Å². The maximum atomic E-state index is 12.6. The lowest BCUT2D eigenvalue weighted by Crippen LogP contribution is -2.35. The monoisotopic (exact) mass is 405 g/mol. The second kappa shape index (κ2) is 9.66. The highest BCUT2D eigenvalue weighted by molar-refractivity contribution is 7.89. The van der Waals surface area contributed by atoms with Gasteiger partial charge in [-0.3, -0.25) is 9.59 Å². The van der Waals surface area contributed by atoms with Gasteiger partial charge in [-0.2, -0.15) is 4.31 Å². The van der Waals surface area contributed by atoms with Crippen molar-refractivity contribution in [1.29, 1.82) is 0 Å². The zero-order chi connectivity index (χ0) is 20.7. The van der Waals surface area contributed by atoms with Gasteiger partial charge in [-0.1, -0.05) is 51.1 Å². The summed E-state index contributed by atoms with van der Waals surface area (Å²) in [4.78, 5) is 24.4. The smallest absolute Gasteiger partial charge is 0.251 e. The van der Waals surface area contributed by atoms with E-state index in [2.05, 4.69) is 5.32 Å². The zero-order valence-corrected chi connectivity index (χ0v) is 17.3. The summed E-state index contributed by atoms with van der Waals surface area (Å²) in [5.41, 5.74) is 0.678. The second-order valence-corrected chi connectivity index (χ2v) is 8.47. The van der Waals surface area contributed by atoms with Gasteiger partial charge in [-0.15, -0.1) is 0 Å². The van der Waals surface area contributed by atoms with Gasteiger partial charge < -0.3 is 9.88 Å². The van der Waals surface area contributed by atoms with Gasteiger partial charge in [-0.05, 0) is 17.5 Å². The molecule has 0 aliphatic carbocycles. The van der Waals surface area contributed by atoms with Crippen LogP contribution in [-0.2, 0) is 21.4 Å². The van der Waals surface area contributed by atoms with Crippen molar-refractivity contribution < 1.29 is 13.2 Å². The Morgan fingerprint density at radius 3 is 2.36 bits per heavy atom. The second-order valence-electron chi connectivity index (χ2n) is 6.54. The third-order valence-electron chi connectivity index (χ3n) is 4.59. The van der Waals surface area contributed by atoms with Crippen LogP contribution in [0.2, 0.25) is 0 Å². The molecule has 0 bridgehead atoms. The Balaban J connectivity index is 2.09. The lowest BCUT2D eigenvalue weighted by Gasteiger charge is -2.19. The maximum Gasteiger partial charge on any atom is 0.251 e. The summed E-state index contributed by atoms with van der Waals surface area (Å²) in [6.07, 6.45) is 1.23. The average Bonchev–Trinajstić information content (AvgIpc) is 2.69. The molecule has 7 nitrogen and oxygen atoms in total. The first-order valence-electron chi connectivity index (χ1n) is 9.31. The van der Waals surface area contributed by atoms with E-state index in [0.717, 1.165) is 10.1 Å². The first-order chi connectivity index (χ1) is 13.3. The maximum absolute atomic E-state index is 12.6. The molecule has 0 spiro atoms. The van der Waals surface area contributed by atoms with Crippen LogP contribution >= 0.6 is 0 Å². The van der Waals surface area contributed by atoms with Crippen LogP contribution < -0.4 is 10.9 Å². The summed E-state index contributed by atoms with van der Waals surface area (Å²) in [6, 6.07) is 12.2. The van der Waals surface area contributed by atoms with E-state index in [1.807, 2.05) is 37.3 Å². The number of hydrogen-bond donors (Lipinski definition) is 1. The van der Waals surface area contributed by atoms with Gasteiger partial charge in [0, 0.05) is 31.9 Å². The Hall–Kier alpha value is -2.45. The van der Waals surface area contributed by atoms with Crippen LogP contribution in [0.15, 0.2) is 58.4 Å². The molecule has 2 aromatic rings. The van der Waals surface area contributed by atoms with Crippen molar-refractivity contribution in [3.05, 3.63) is 64.6 Å². The molecular weight excluding hydrogens is 378 g/mol. The fourth-order valence-corrected chi connectivity index (χ4v) is 4.35. The number of pyridine rings is 1. The quantitative estimate of drug-likeness (QED) is 0.689. The molecule has 0 radical (unpaired) electrons. The molecule has 152 valence electrons. The molecule has 0 saturated carbocycles. The number of amides is 1. The standard InChI is InChI=1S/C20H27N3O4S/c1-4-23(5-2)28(26,27)18-11-12-20(25)22(14-18)15-19(24)21-13-16(3)17-9-7-6-8-10-17/h6-12,14,16H,4-5,13,15H2,1-3H3,(H,21,24)/t16-/m0/s1. The molecule has 1 aromatic carbocycles. The Labute approximate surface area is 166 Å². The van der Waals surface area contributed by atoms with Crippen molar-refractivity contribution in [3.8, 4) is 0 Å². The molecule has 0 aliphatic heterocycles. The summed E-state index contributed by atoms with van der Waals surface area (Å²) in [5, 5.41) is 2.80. The molecule has 2 rings (SSSR count). The molecule has 0 saturated heterocycles.